The van der Waals surface area contributed by atoms with Crippen molar-refractivity contribution in [3.8, 4) is 0 Å². The molecule has 1 aromatic carbocycles. The maximum atomic E-state index is 12.4. The second-order valence-electron chi connectivity index (χ2n) is 6.05. The molecule has 0 aliphatic carbocycles. The van der Waals surface area contributed by atoms with Crippen LogP contribution in [0.25, 0.3) is 11.0 Å². The second kappa shape index (κ2) is 6.77. The summed E-state index contributed by atoms with van der Waals surface area (Å²) in [5.41, 5.74) is 1.77. The first-order valence-electron chi connectivity index (χ1n) is 7.97. The van der Waals surface area contributed by atoms with E-state index in [-0.39, 0.29) is 11.9 Å². The molecule has 2 heterocycles. The molecule has 0 atom stereocenters. The molecule has 0 saturated heterocycles. The molecule has 0 radical (unpaired) electrons. The number of fused-ring (bicyclic) bond motifs is 1. The maximum Gasteiger partial charge on any atom is 0.224 e. The Morgan fingerprint density at radius 1 is 1.25 bits per heavy atom. The quantitative estimate of drug-likeness (QED) is 0.687. The topological polar surface area (TPSA) is 81.7 Å². The molecule has 126 valence electrons. The zero-order valence-corrected chi connectivity index (χ0v) is 14.1. The third kappa shape index (κ3) is 3.27. The Hall–Kier alpha value is -2.77. The molecule has 3 aromatic rings. The molecule has 0 spiro atoms. The van der Waals surface area contributed by atoms with Crippen LogP contribution in [0.1, 0.15) is 32.1 Å². The van der Waals surface area contributed by atoms with E-state index < -0.39 is 0 Å². The number of amides is 1. The highest BCUT2D eigenvalue weighted by molar-refractivity contribution is 5.76. The van der Waals surface area contributed by atoms with Gasteiger partial charge in [-0.1, -0.05) is 17.3 Å². The van der Waals surface area contributed by atoms with Gasteiger partial charge in [0.25, 0.3) is 0 Å². The third-order valence-electron chi connectivity index (χ3n) is 3.97. The molecule has 24 heavy (non-hydrogen) atoms. The summed E-state index contributed by atoms with van der Waals surface area (Å²) in [5, 5.41) is 16.2. The summed E-state index contributed by atoms with van der Waals surface area (Å²) in [7, 11) is 1.78. The fraction of sp³-hybridized carbons (Fsp3) is 0.438. The standard InChI is InChI=1S/C16H21N7O/c1-12(2)22-11-17-19-15(22)10-21(3)16(24)8-9-23-14-7-5-4-6-13(14)18-20-23/h4-7,11-12H,8-10H2,1-3H3. The first-order chi connectivity index (χ1) is 11.6. The lowest BCUT2D eigenvalue weighted by molar-refractivity contribution is -0.130. The number of para-hydroxylation sites is 1. The van der Waals surface area contributed by atoms with Crippen LogP contribution in [0.15, 0.2) is 30.6 Å². The van der Waals surface area contributed by atoms with Crippen LogP contribution < -0.4 is 0 Å². The van der Waals surface area contributed by atoms with Crippen molar-refractivity contribution in [3.63, 3.8) is 0 Å². The first kappa shape index (κ1) is 16.1. The minimum Gasteiger partial charge on any atom is -0.338 e. The van der Waals surface area contributed by atoms with Crippen molar-refractivity contribution in [1.29, 1.82) is 0 Å². The van der Waals surface area contributed by atoms with Crippen molar-refractivity contribution in [2.24, 2.45) is 0 Å². The Morgan fingerprint density at radius 3 is 2.83 bits per heavy atom. The monoisotopic (exact) mass is 327 g/mol. The maximum absolute atomic E-state index is 12.4. The van der Waals surface area contributed by atoms with Gasteiger partial charge in [0.1, 0.15) is 11.8 Å². The lowest BCUT2D eigenvalue weighted by atomic mass is 10.3. The van der Waals surface area contributed by atoms with E-state index in [0.29, 0.717) is 19.5 Å². The van der Waals surface area contributed by atoms with Crippen molar-refractivity contribution >= 4 is 16.9 Å². The fourth-order valence-electron chi connectivity index (χ4n) is 2.59. The molecule has 0 fully saturated rings. The largest absolute Gasteiger partial charge is 0.338 e. The Labute approximate surface area is 140 Å². The average Bonchev–Trinajstić information content (AvgIpc) is 3.19. The highest BCUT2D eigenvalue weighted by Crippen LogP contribution is 2.12. The molecule has 0 N–H and O–H groups in total. The van der Waals surface area contributed by atoms with Crippen molar-refractivity contribution in [2.45, 2.75) is 39.4 Å². The third-order valence-corrected chi connectivity index (χ3v) is 3.97. The van der Waals surface area contributed by atoms with E-state index in [4.69, 9.17) is 0 Å². The van der Waals surface area contributed by atoms with Gasteiger partial charge in [0, 0.05) is 19.5 Å². The SMILES string of the molecule is CC(C)n1cnnc1CN(C)C(=O)CCn1nnc2ccccc21. The zero-order valence-electron chi connectivity index (χ0n) is 14.1. The lowest BCUT2D eigenvalue weighted by Gasteiger charge is -2.18. The summed E-state index contributed by atoms with van der Waals surface area (Å²) in [4.78, 5) is 14.1. The van der Waals surface area contributed by atoms with Crippen molar-refractivity contribution in [1.82, 2.24) is 34.7 Å². The van der Waals surface area contributed by atoms with Crippen LogP contribution in [0, 0.1) is 0 Å². The van der Waals surface area contributed by atoms with Gasteiger partial charge in [-0.15, -0.1) is 15.3 Å². The van der Waals surface area contributed by atoms with E-state index in [9.17, 15) is 4.79 Å². The summed E-state index contributed by atoms with van der Waals surface area (Å²) < 4.78 is 3.73. The minimum atomic E-state index is 0.0351. The zero-order chi connectivity index (χ0) is 17.1. The van der Waals surface area contributed by atoms with Crippen molar-refractivity contribution < 1.29 is 4.79 Å². The van der Waals surface area contributed by atoms with Crippen LogP contribution in [0.2, 0.25) is 0 Å². The highest BCUT2D eigenvalue weighted by atomic mass is 16.2. The first-order valence-corrected chi connectivity index (χ1v) is 7.97. The summed E-state index contributed by atoms with van der Waals surface area (Å²) in [6.07, 6.45) is 2.06. The summed E-state index contributed by atoms with van der Waals surface area (Å²) in [6, 6.07) is 7.99. The minimum absolute atomic E-state index is 0.0351. The molecule has 2 aromatic heterocycles. The molecule has 8 heteroatoms. The highest BCUT2D eigenvalue weighted by Gasteiger charge is 2.15. The van der Waals surface area contributed by atoms with E-state index in [0.717, 1.165) is 16.9 Å². The smallest absolute Gasteiger partial charge is 0.224 e. The van der Waals surface area contributed by atoms with Crippen molar-refractivity contribution in [3.05, 3.63) is 36.4 Å². The van der Waals surface area contributed by atoms with Gasteiger partial charge in [-0.2, -0.15) is 0 Å². The number of aromatic nitrogens is 6. The predicted molar refractivity (Wildman–Crippen MR) is 89.0 cm³/mol. The van der Waals surface area contributed by atoms with Gasteiger partial charge in [-0.3, -0.25) is 4.79 Å². The van der Waals surface area contributed by atoms with Crippen LogP contribution >= 0.6 is 0 Å². The van der Waals surface area contributed by atoms with Gasteiger partial charge in [-0.25, -0.2) is 4.68 Å². The lowest BCUT2D eigenvalue weighted by Crippen LogP contribution is -2.28. The summed E-state index contributed by atoms with van der Waals surface area (Å²) in [6.45, 7) is 5.06. The van der Waals surface area contributed by atoms with E-state index >= 15 is 0 Å². The Bertz CT molecular complexity index is 836. The molecule has 0 aliphatic rings. The van der Waals surface area contributed by atoms with Gasteiger partial charge in [0.2, 0.25) is 5.91 Å². The summed E-state index contributed by atoms with van der Waals surface area (Å²) >= 11 is 0. The van der Waals surface area contributed by atoms with Crippen LogP contribution in [-0.4, -0.2) is 47.6 Å². The number of aryl methyl sites for hydroxylation is 1. The number of benzene rings is 1. The molecule has 1 amide bonds. The van der Waals surface area contributed by atoms with Gasteiger partial charge in [0.05, 0.1) is 18.6 Å². The molecule has 0 aliphatic heterocycles. The van der Waals surface area contributed by atoms with Crippen LogP contribution in [0.5, 0.6) is 0 Å². The van der Waals surface area contributed by atoms with Crippen LogP contribution in [0.4, 0.5) is 0 Å². The van der Waals surface area contributed by atoms with Crippen molar-refractivity contribution in [2.75, 3.05) is 7.05 Å². The van der Waals surface area contributed by atoms with Gasteiger partial charge < -0.3 is 9.47 Å². The number of carbonyl (C=O) groups is 1. The van der Waals surface area contributed by atoms with Gasteiger partial charge in [0.15, 0.2) is 5.82 Å². The van der Waals surface area contributed by atoms with E-state index in [1.807, 2.05) is 28.8 Å². The summed E-state index contributed by atoms with van der Waals surface area (Å²) in [5.74, 6) is 0.819. The van der Waals surface area contributed by atoms with E-state index in [1.54, 1.807) is 23.0 Å². The molecule has 0 unspecified atom stereocenters. The fourth-order valence-corrected chi connectivity index (χ4v) is 2.59. The molecular formula is C16H21N7O. The van der Waals surface area contributed by atoms with E-state index in [2.05, 4.69) is 34.4 Å². The van der Waals surface area contributed by atoms with Crippen LogP contribution in [0.3, 0.4) is 0 Å². The number of hydrogen-bond acceptors (Lipinski definition) is 5. The molecule has 0 bridgehead atoms. The second-order valence-corrected chi connectivity index (χ2v) is 6.05. The average molecular weight is 327 g/mol. The normalized spacial score (nSPS) is 11.3. The predicted octanol–water partition coefficient (Wildman–Crippen LogP) is 1.65. The Morgan fingerprint density at radius 2 is 2.04 bits per heavy atom. The Balaban J connectivity index is 1.61. The van der Waals surface area contributed by atoms with Crippen LogP contribution in [-0.2, 0) is 17.9 Å². The molecule has 0 saturated carbocycles. The number of hydrogen-bond donors (Lipinski definition) is 0. The van der Waals surface area contributed by atoms with Gasteiger partial charge in [-0.05, 0) is 26.0 Å². The number of rotatable bonds is 6. The number of nitrogens with zero attached hydrogens (tertiary/aromatic N) is 7. The number of carbonyl (C=O) groups excluding carboxylic acids is 1. The molecular weight excluding hydrogens is 306 g/mol. The van der Waals surface area contributed by atoms with Gasteiger partial charge >= 0.3 is 0 Å². The van der Waals surface area contributed by atoms with E-state index in [1.165, 1.54) is 0 Å². The Kier molecular flexibility index (Phi) is 4.54. The molecule has 3 rings (SSSR count). The molecule has 8 nitrogen and oxygen atoms in total.